The van der Waals surface area contributed by atoms with E-state index in [0.29, 0.717) is 24.1 Å². The fourth-order valence-corrected chi connectivity index (χ4v) is 4.31. The number of carbonyl (C=O) groups excluding carboxylic acids is 2. The van der Waals surface area contributed by atoms with Crippen LogP contribution in [0.15, 0.2) is 28.7 Å². The molecule has 2 saturated heterocycles. The Labute approximate surface area is 183 Å². The number of amides is 2. The summed E-state index contributed by atoms with van der Waals surface area (Å²) in [7, 11) is 0. The quantitative estimate of drug-likeness (QED) is 0.680. The topological polar surface area (TPSA) is 43.9 Å². The molecule has 2 fully saturated rings. The molecule has 29 heavy (non-hydrogen) atoms. The molecule has 2 aliphatic rings. The first kappa shape index (κ1) is 22.3. The van der Waals surface area contributed by atoms with E-state index in [1.807, 2.05) is 34.1 Å². The van der Waals surface area contributed by atoms with Crippen molar-refractivity contribution in [2.24, 2.45) is 11.3 Å². The highest BCUT2D eigenvalue weighted by molar-refractivity contribution is 9.10. The Hall–Kier alpha value is -1.40. The van der Waals surface area contributed by atoms with E-state index >= 15 is 0 Å². The average Bonchev–Trinajstić information content (AvgIpc) is 2.72. The van der Waals surface area contributed by atoms with Gasteiger partial charge in [0.15, 0.2) is 0 Å². The number of hydrogen-bond donors (Lipinski definition) is 0. The molecule has 0 saturated carbocycles. The fraction of sp³-hybridized carbons (Fsp3) is 0.652. The molecule has 2 amide bonds. The van der Waals surface area contributed by atoms with Gasteiger partial charge in [-0.1, -0.05) is 36.7 Å². The van der Waals surface area contributed by atoms with Crippen molar-refractivity contribution in [3.63, 3.8) is 0 Å². The molecule has 0 aliphatic carbocycles. The van der Waals surface area contributed by atoms with Crippen molar-refractivity contribution in [3.05, 3.63) is 34.3 Å². The van der Waals surface area contributed by atoms with E-state index in [9.17, 15) is 9.59 Å². The van der Waals surface area contributed by atoms with Gasteiger partial charge in [-0.05, 0) is 55.5 Å². The molecular weight excluding hydrogens is 430 g/mol. The predicted octanol–water partition coefficient (Wildman–Crippen LogP) is 3.88. The van der Waals surface area contributed by atoms with Gasteiger partial charge in [0.2, 0.25) is 5.91 Å². The van der Waals surface area contributed by atoms with Crippen LogP contribution in [-0.4, -0.2) is 72.3 Å². The number of piperazine rings is 1. The van der Waals surface area contributed by atoms with Gasteiger partial charge >= 0.3 is 0 Å². The molecule has 0 radical (unpaired) electrons. The number of carbonyl (C=O) groups is 2. The van der Waals surface area contributed by atoms with E-state index in [2.05, 4.69) is 41.6 Å². The first-order valence-corrected chi connectivity index (χ1v) is 11.6. The molecule has 0 N–H and O–H groups in total. The summed E-state index contributed by atoms with van der Waals surface area (Å²) in [5, 5.41) is 0. The van der Waals surface area contributed by atoms with Crippen molar-refractivity contribution in [2.45, 2.75) is 40.0 Å². The lowest BCUT2D eigenvalue weighted by Gasteiger charge is -2.39. The van der Waals surface area contributed by atoms with E-state index in [1.54, 1.807) is 0 Å². The zero-order chi connectivity index (χ0) is 21.0. The molecule has 0 atom stereocenters. The molecule has 5 nitrogen and oxygen atoms in total. The Morgan fingerprint density at radius 1 is 0.931 bits per heavy atom. The standard InChI is InChI=1S/C23H34BrN3O2/c1-23(2,3)10-13-25-14-16-27(17-15-25)22(29)19-8-11-26(12-9-19)21(28)18-4-6-20(24)7-5-18/h4-7,19H,8-17H2,1-3H3. The van der Waals surface area contributed by atoms with Crippen molar-refractivity contribution in [2.75, 3.05) is 45.8 Å². The van der Waals surface area contributed by atoms with Crippen molar-refractivity contribution < 1.29 is 9.59 Å². The molecule has 1 aromatic rings. The zero-order valence-electron chi connectivity index (χ0n) is 18.0. The van der Waals surface area contributed by atoms with Crippen LogP contribution in [0.2, 0.25) is 0 Å². The summed E-state index contributed by atoms with van der Waals surface area (Å²) < 4.78 is 0.969. The summed E-state index contributed by atoms with van der Waals surface area (Å²) in [6.07, 6.45) is 2.72. The normalized spacial score (nSPS) is 19.4. The second-order valence-electron chi connectivity index (χ2n) is 9.55. The molecule has 2 aliphatic heterocycles. The van der Waals surface area contributed by atoms with E-state index in [4.69, 9.17) is 0 Å². The van der Waals surface area contributed by atoms with Gasteiger partial charge in [0.1, 0.15) is 0 Å². The van der Waals surface area contributed by atoms with Crippen LogP contribution in [0, 0.1) is 11.3 Å². The lowest BCUT2D eigenvalue weighted by molar-refractivity contribution is -0.138. The summed E-state index contributed by atoms with van der Waals surface area (Å²) >= 11 is 3.40. The fourth-order valence-electron chi connectivity index (χ4n) is 4.05. The Morgan fingerprint density at radius 2 is 1.52 bits per heavy atom. The van der Waals surface area contributed by atoms with Crippen molar-refractivity contribution >= 4 is 27.7 Å². The highest BCUT2D eigenvalue weighted by Crippen LogP contribution is 2.23. The molecule has 3 rings (SSSR count). The number of rotatable bonds is 4. The Morgan fingerprint density at radius 3 is 2.07 bits per heavy atom. The SMILES string of the molecule is CC(C)(C)CCN1CCN(C(=O)C2CCN(C(=O)c3ccc(Br)cc3)CC2)CC1. The minimum Gasteiger partial charge on any atom is -0.340 e. The highest BCUT2D eigenvalue weighted by Gasteiger charge is 2.32. The van der Waals surface area contributed by atoms with Gasteiger partial charge in [0.05, 0.1) is 0 Å². The van der Waals surface area contributed by atoms with E-state index < -0.39 is 0 Å². The maximum Gasteiger partial charge on any atom is 0.253 e. The van der Waals surface area contributed by atoms with E-state index in [0.717, 1.165) is 50.0 Å². The van der Waals surface area contributed by atoms with E-state index in [1.165, 1.54) is 6.42 Å². The molecule has 0 unspecified atom stereocenters. The van der Waals surface area contributed by atoms with Crippen LogP contribution >= 0.6 is 15.9 Å². The lowest BCUT2D eigenvalue weighted by Crippen LogP contribution is -2.52. The summed E-state index contributed by atoms with van der Waals surface area (Å²) in [4.78, 5) is 32.0. The molecule has 1 aromatic carbocycles. The van der Waals surface area contributed by atoms with Crippen LogP contribution in [0.1, 0.15) is 50.4 Å². The van der Waals surface area contributed by atoms with Gasteiger partial charge in [-0.3, -0.25) is 14.5 Å². The maximum atomic E-state index is 13.0. The summed E-state index contributed by atoms with van der Waals surface area (Å²) in [5.74, 6) is 0.414. The molecule has 0 aromatic heterocycles. The minimum atomic E-state index is 0.0603. The van der Waals surface area contributed by atoms with Gasteiger partial charge in [0.25, 0.3) is 5.91 Å². The minimum absolute atomic E-state index is 0.0603. The number of hydrogen-bond acceptors (Lipinski definition) is 3. The second kappa shape index (κ2) is 9.61. The number of halogens is 1. The summed E-state index contributed by atoms with van der Waals surface area (Å²) in [6.45, 7) is 12.9. The monoisotopic (exact) mass is 463 g/mol. The first-order valence-electron chi connectivity index (χ1n) is 10.8. The average molecular weight is 464 g/mol. The van der Waals surface area contributed by atoms with Gasteiger partial charge in [-0.2, -0.15) is 0 Å². The largest absolute Gasteiger partial charge is 0.340 e. The lowest BCUT2D eigenvalue weighted by atomic mass is 9.92. The van der Waals surface area contributed by atoms with Crippen LogP contribution < -0.4 is 0 Å². The van der Waals surface area contributed by atoms with Gasteiger partial charge in [0, 0.05) is 55.2 Å². The van der Waals surface area contributed by atoms with Crippen molar-refractivity contribution in [3.8, 4) is 0 Å². The van der Waals surface area contributed by atoms with Crippen LogP contribution in [0.3, 0.4) is 0 Å². The Kier molecular flexibility index (Phi) is 7.38. The second-order valence-corrected chi connectivity index (χ2v) is 10.5. The zero-order valence-corrected chi connectivity index (χ0v) is 19.6. The molecule has 0 spiro atoms. The molecule has 160 valence electrons. The van der Waals surface area contributed by atoms with Crippen LogP contribution in [0.5, 0.6) is 0 Å². The van der Waals surface area contributed by atoms with Crippen molar-refractivity contribution in [1.29, 1.82) is 0 Å². The molecular formula is C23H34BrN3O2. The molecule has 2 heterocycles. The van der Waals surface area contributed by atoms with Gasteiger partial charge in [-0.25, -0.2) is 0 Å². The summed E-state index contributed by atoms with van der Waals surface area (Å²) in [5.41, 5.74) is 1.07. The van der Waals surface area contributed by atoms with E-state index in [-0.39, 0.29) is 17.7 Å². The van der Waals surface area contributed by atoms with Gasteiger partial charge < -0.3 is 9.80 Å². The van der Waals surface area contributed by atoms with Crippen LogP contribution in [0.25, 0.3) is 0 Å². The number of piperidine rings is 1. The highest BCUT2D eigenvalue weighted by atomic mass is 79.9. The molecule has 6 heteroatoms. The smallest absolute Gasteiger partial charge is 0.253 e. The van der Waals surface area contributed by atoms with Gasteiger partial charge in [-0.15, -0.1) is 0 Å². The predicted molar refractivity (Wildman–Crippen MR) is 120 cm³/mol. The Balaban J connectivity index is 1.43. The maximum absolute atomic E-state index is 13.0. The third-order valence-electron chi connectivity index (χ3n) is 6.08. The number of likely N-dealkylation sites (tertiary alicyclic amines) is 1. The van der Waals surface area contributed by atoms with Crippen LogP contribution in [-0.2, 0) is 4.79 Å². The number of nitrogens with zero attached hydrogens (tertiary/aromatic N) is 3. The first-order chi connectivity index (χ1) is 13.7. The van der Waals surface area contributed by atoms with Crippen LogP contribution in [0.4, 0.5) is 0 Å². The summed E-state index contributed by atoms with van der Waals surface area (Å²) in [6, 6.07) is 7.49. The Bertz CT molecular complexity index is 698. The third-order valence-corrected chi connectivity index (χ3v) is 6.61. The number of benzene rings is 1. The third kappa shape index (κ3) is 6.29. The van der Waals surface area contributed by atoms with Crippen molar-refractivity contribution in [1.82, 2.24) is 14.7 Å². The molecule has 0 bridgehead atoms.